The number of imidazole rings is 1. The second kappa shape index (κ2) is 15.5. The predicted octanol–water partition coefficient (Wildman–Crippen LogP) is 5.86. The van der Waals surface area contributed by atoms with Crippen molar-refractivity contribution >= 4 is 29.5 Å². The maximum atomic E-state index is 13.5. The van der Waals surface area contributed by atoms with Crippen molar-refractivity contribution in [2.45, 2.75) is 84.4 Å². The van der Waals surface area contributed by atoms with E-state index in [1.807, 2.05) is 41.0 Å². The largest absolute Gasteiger partial charge is 0.444 e. The molecule has 45 heavy (non-hydrogen) atoms. The molecule has 2 aromatic carbocycles. The number of anilines is 1. The van der Waals surface area contributed by atoms with Crippen LogP contribution in [0, 0.1) is 5.92 Å². The number of aryl methyl sites for hydroxylation is 1. The van der Waals surface area contributed by atoms with Gasteiger partial charge in [-0.1, -0.05) is 48.5 Å². The van der Waals surface area contributed by atoms with Gasteiger partial charge in [0.2, 0.25) is 5.91 Å². The normalized spacial score (nSPS) is 12.2. The molecule has 2 N–H and O–H groups in total. The minimum Gasteiger partial charge on any atom is -0.444 e. The van der Waals surface area contributed by atoms with E-state index in [1.54, 1.807) is 67.3 Å². The van der Waals surface area contributed by atoms with Crippen LogP contribution >= 0.6 is 0 Å². The molecule has 0 aliphatic heterocycles. The predicted molar refractivity (Wildman–Crippen MR) is 175 cm³/mol. The number of alkyl carbamates (subject to hydrolysis) is 1. The molecule has 0 saturated carbocycles. The highest BCUT2D eigenvalue weighted by atomic mass is 16.6. The zero-order valence-corrected chi connectivity index (χ0v) is 27.6. The van der Waals surface area contributed by atoms with Crippen molar-refractivity contribution in [2.24, 2.45) is 5.92 Å². The average molecular weight is 618 g/mol. The van der Waals surface area contributed by atoms with E-state index < -0.39 is 23.2 Å². The molecule has 1 heterocycles. The third-order valence-corrected chi connectivity index (χ3v) is 7.35. The van der Waals surface area contributed by atoms with E-state index in [0.29, 0.717) is 30.8 Å². The Hall–Kier alpha value is -4.47. The number of nitrogens with one attached hydrogen (secondary N) is 2. The number of ketones is 1. The van der Waals surface area contributed by atoms with Crippen LogP contribution in [-0.4, -0.2) is 63.4 Å². The van der Waals surface area contributed by atoms with Crippen LogP contribution in [0.5, 0.6) is 0 Å². The van der Waals surface area contributed by atoms with Crippen LogP contribution < -0.4 is 10.6 Å². The first-order valence-electron chi connectivity index (χ1n) is 15.3. The van der Waals surface area contributed by atoms with Crippen molar-refractivity contribution in [3.05, 3.63) is 83.8 Å². The Kier molecular flexibility index (Phi) is 12.1. The number of amides is 3. The highest BCUT2D eigenvalue weighted by Gasteiger charge is 2.32. The Balaban J connectivity index is 1.68. The number of hydrogen-bond acceptors (Lipinski definition) is 6. The Labute approximate surface area is 266 Å². The summed E-state index contributed by atoms with van der Waals surface area (Å²) in [6.07, 6.45) is 5.26. The summed E-state index contributed by atoms with van der Waals surface area (Å²) in [7, 11) is 3.43. The number of hydrogen-bond donors (Lipinski definition) is 2. The van der Waals surface area contributed by atoms with Crippen molar-refractivity contribution < 1.29 is 23.9 Å². The first kappa shape index (κ1) is 35.0. The van der Waals surface area contributed by atoms with Crippen LogP contribution in [0.25, 0.3) is 0 Å². The molecular weight excluding hydrogens is 570 g/mol. The maximum Gasteiger partial charge on any atom is 0.408 e. The van der Waals surface area contributed by atoms with Gasteiger partial charge in [-0.3, -0.25) is 14.4 Å². The zero-order valence-electron chi connectivity index (χ0n) is 27.6. The highest BCUT2D eigenvalue weighted by Crippen LogP contribution is 2.22. The highest BCUT2D eigenvalue weighted by molar-refractivity contribution is 5.95. The summed E-state index contributed by atoms with van der Waals surface area (Å²) in [4.78, 5) is 57.6. The van der Waals surface area contributed by atoms with Crippen molar-refractivity contribution in [3.8, 4) is 0 Å². The first-order valence-corrected chi connectivity index (χ1v) is 15.3. The minimum atomic E-state index is -1.16. The van der Waals surface area contributed by atoms with Gasteiger partial charge in [-0.15, -0.1) is 0 Å². The maximum absolute atomic E-state index is 13.5. The number of Topliss-reactive ketones (excluding diaryl/α,β-unsaturated/α-hetero) is 1. The van der Waals surface area contributed by atoms with Crippen LogP contribution in [-0.2, 0) is 27.3 Å². The summed E-state index contributed by atoms with van der Waals surface area (Å²) >= 11 is 0. The molecular formula is C35H47N5O5. The number of carbonyl (C=O) groups is 4. The van der Waals surface area contributed by atoms with E-state index in [2.05, 4.69) is 27.8 Å². The van der Waals surface area contributed by atoms with Crippen molar-refractivity contribution in [1.82, 2.24) is 19.8 Å². The summed E-state index contributed by atoms with van der Waals surface area (Å²) in [5, 5.41) is 5.59. The van der Waals surface area contributed by atoms with Crippen LogP contribution in [0.2, 0.25) is 0 Å². The molecule has 3 amide bonds. The molecule has 0 radical (unpaired) electrons. The fourth-order valence-corrected chi connectivity index (χ4v) is 4.89. The molecule has 0 spiro atoms. The third-order valence-electron chi connectivity index (χ3n) is 7.35. The minimum absolute atomic E-state index is 0.0865. The van der Waals surface area contributed by atoms with Crippen molar-refractivity contribution in [1.29, 1.82) is 0 Å². The van der Waals surface area contributed by atoms with E-state index in [1.165, 1.54) is 10.5 Å². The fourth-order valence-electron chi connectivity index (χ4n) is 4.89. The number of nitrogens with zero attached hydrogens (tertiary/aromatic N) is 3. The molecule has 10 nitrogen and oxygen atoms in total. The molecule has 0 bridgehead atoms. The SMILES string of the molecule is CN(C)C(=O)c1ccccc1Cn1cnc(NC(=O)[C@@H](CCCc2ccccc2)CCC(=O)C(C)(C)NC(=O)OC(C)(C)C)c1. The van der Waals surface area contributed by atoms with Crippen LogP contribution in [0.1, 0.15) is 81.8 Å². The number of rotatable bonds is 14. The number of aromatic nitrogens is 2. The molecule has 0 saturated heterocycles. The molecule has 0 fully saturated rings. The lowest BCUT2D eigenvalue weighted by Crippen LogP contribution is -2.51. The third kappa shape index (κ3) is 11.2. The summed E-state index contributed by atoms with van der Waals surface area (Å²) in [5.41, 5.74) is 0.782. The van der Waals surface area contributed by atoms with Gasteiger partial charge in [0.25, 0.3) is 5.91 Å². The average Bonchev–Trinajstić information content (AvgIpc) is 3.40. The van der Waals surface area contributed by atoms with Gasteiger partial charge in [-0.2, -0.15) is 0 Å². The molecule has 3 aromatic rings. The lowest BCUT2D eigenvalue weighted by molar-refractivity contribution is -0.125. The number of carbonyl (C=O) groups excluding carboxylic acids is 4. The monoisotopic (exact) mass is 617 g/mol. The van der Waals surface area contributed by atoms with E-state index in [4.69, 9.17) is 4.74 Å². The molecule has 0 aliphatic carbocycles. The second-order valence-electron chi connectivity index (χ2n) is 13.1. The van der Waals surface area contributed by atoms with Gasteiger partial charge >= 0.3 is 6.09 Å². The molecule has 3 rings (SSSR count). The van der Waals surface area contributed by atoms with Gasteiger partial charge in [0.05, 0.1) is 11.9 Å². The van der Waals surface area contributed by atoms with Gasteiger partial charge in [0.15, 0.2) is 11.6 Å². The molecule has 242 valence electrons. The van der Waals surface area contributed by atoms with Crippen molar-refractivity contribution in [2.75, 3.05) is 19.4 Å². The summed E-state index contributed by atoms with van der Waals surface area (Å²) in [5.74, 6) is -0.551. The van der Waals surface area contributed by atoms with E-state index in [0.717, 1.165) is 18.4 Å². The smallest absolute Gasteiger partial charge is 0.408 e. The zero-order chi connectivity index (χ0) is 33.2. The van der Waals surface area contributed by atoms with Gasteiger partial charge in [0, 0.05) is 44.7 Å². The van der Waals surface area contributed by atoms with Gasteiger partial charge in [-0.05, 0) is 77.5 Å². The molecule has 10 heteroatoms. The lowest BCUT2D eigenvalue weighted by Gasteiger charge is -2.28. The second-order valence-corrected chi connectivity index (χ2v) is 13.1. The topological polar surface area (TPSA) is 123 Å². The quantitative estimate of drug-likeness (QED) is 0.234. The summed E-state index contributed by atoms with van der Waals surface area (Å²) in [6.45, 7) is 8.96. The van der Waals surface area contributed by atoms with Gasteiger partial charge in [0.1, 0.15) is 5.60 Å². The number of benzene rings is 2. The molecule has 1 aromatic heterocycles. The standard InChI is InChI=1S/C35H47N5O5/c1-34(2,3)45-33(44)38-35(4,5)29(41)21-20-26(18-13-16-25-14-9-8-10-15-25)31(42)37-30-23-40(24-36-30)22-27-17-11-12-19-28(27)32(43)39(6)7/h8-12,14-15,17,19,23-24,26H,13,16,18,20-22H2,1-7H3,(H,37,42)(H,38,44)/t26-/m0/s1. The fraction of sp³-hybridized carbons (Fsp3) is 0.457. The summed E-state index contributed by atoms with van der Waals surface area (Å²) < 4.78 is 7.14. The Morgan fingerprint density at radius 3 is 2.27 bits per heavy atom. The Morgan fingerprint density at radius 2 is 1.60 bits per heavy atom. The van der Waals surface area contributed by atoms with Gasteiger partial charge in [-0.25, -0.2) is 9.78 Å². The van der Waals surface area contributed by atoms with E-state index in [-0.39, 0.29) is 24.0 Å². The van der Waals surface area contributed by atoms with E-state index >= 15 is 0 Å². The number of ether oxygens (including phenoxy) is 1. The summed E-state index contributed by atoms with van der Waals surface area (Å²) in [6, 6.07) is 17.5. The van der Waals surface area contributed by atoms with Crippen molar-refractivity contribution in [3.63, 3.8) is 0 Å². The lowest BCUT2D eigenvalue weighted by atomic mass is 9.89. The van der Waals surface area contributed by atoms with Crippen LogP contribution in [0.3, 0.4) is 0 Å². The van der Waals surface area contributed by atoms with E-state index in [9.17, 15) is 19.2 Å². The first-order chi connectivity index (χ1) is 21.1. The molecule has 0 aliphatic rings. The molecule has 0 unspecified atom stereocenters. The van der Waals surface area contributed by atoms with Gasteiger partial charge < -0.3 is 24.8 Å². The van der Waals surface area contributed by atoms with Crippen LogP contribution in [0.15, 0.2) is 67.1 Å². The molecule has 1 atom stereocenters. The Morgan fingerprint density at radius 1 is 0.933 bits per heavy atom. The Bertz CT molecular complexity index is 1460. The van der Waals surface area contributed by atoms with Crippen LogP contribution in [0.4, 0.5) is 10.6 Å².